The molecule has 2 amide bonds. The number of nitrogens with zero attached hydrogens (tertiary/aromatic N) is 3. The van der Waals surface area contributed by atoms with Crippen molar-refractivity contribution in [2.45, 2.75) is 38.8 Å². The van der Waals surface area contributed by atoms with Gasteiger partial charge in [-0.15, -0.1) is 0 Å². The maximum atomic E-state index is 12.4. The zero-order valence-corrected chi connectivity index (χ0v) is 16.9. The van der Waals surface area contributed by atoms with E-state index in [1.54, 1.807) is 6.07 Å². The minimum atomic E-state index is -0.213. The third kappa shape index (κ3) is 4.56. The molecular formula is C23H24N4O3. The van der Waals surface area contributed by atoms with E-state index in [9.17, 15) is 9.59 Å². The van der Waals surface area contributed by atoms with Crippen LogP contribution in [0.25, 0.3) is 0 Å². The summed E-state index contributed by atoms with van der Waals surface area (Å²) in [5.41, 5.74) is 2.79. The van der Waals surface area contributed by atoms with Gasteiger partial charge in [0.05, 0.1) is 6.54 Å². The van der Waals surface area contributed by atoms with Gasteiger partial charge in [0.2, 0.25) is 11.8 Å². The summed E-state index contributed by atoms with van der Waals surface area (Å²) < 4.78 is 5.43. The van der Waals surface area contributed by atoms with E-state index < -0.39 is 0 Å². The number of hydrogen-bond donors (Lipinski definition) is 1. The summed E-state index contributed by atoms with van der Waals surface area (Å²) in [7, 11) is 0. The van der Waals surface area contributed by atoms with Crippen molar-refractivity contribution >= 4 is 11.8 Å². The van der Waals surface area contributed by atoms with Gasteiger partial charge in [0.1, 0.15) is 6.04 Å². The largest absolute Gasteiger partial charge is 0.345 e. The first kappa shape index (κ1) is 19.8. The van der Waals surface area contributed by atoms with Gasteiger partial charge < -0.3 is 14.7 Å². The van der Waals surface area contributed by atoms with Crippen molar-refractivity contribution in [3.8, 4) is 0 Å². The van der Waals surface area contributed by atoms with Gasteiger partial charge in [-0.2, -0.15) is 4.98 Å². The highest BCUT2D eigenvalue weighted by atomic mass is 16.5. The number of hydrogen-bond acceptors (Lipinski definition) is 5. The maximum absolute atomic E-state index is 12.4. The van der Waals surface area contributed by atoms with Gasteiger partial charge in [-0.25, -0.2) is 0 Å². The molecule has 0 bridgehead atoms. The molecule has 0 aliphatic carbocycles. The number of amides is 2. The van der Waals surface area contributed by atoms with E-state index in [2.05, 4.69) is 27.6 Å². The summed E-state index contributed by atoms with van der Waals surface area (Å²) in [5.74, 6) is 0.732. The van der Waals surface area contributed by atoms with Crippen LogP contribution in [-0.4, -0.2) is 33.4 Å². The topological polar surface area (TPSA) is 88.3 Å². The number of carbonyl (C=O) groups excluding carboxylic acids is 2. The Morgan fingerprint density at radius 1 is 1.20 bits per heavy atom. The van der Waals surface area contributed by atoms with Crippen LogP contribution in [0.3, 0.4) is 0 Å². The molecule has 0 saturated carbocycles. The molecule has 154 valence electrons. The summed E-state index contributed by atoms with van der Waals surface area (Å²) in [4.78, 5) is 30.9. The minimum Gasteiger partial charge on any atom is -0.345 e. The van der Waals surface area contributed by atoms with Crippen LogP contribution < -0.4 is 5.32 Å². The van der Waals surface area contributed by atoms with E-state index in [4.69, 9.17) is 4.52 Å². The van der Waals surface area contributed by atoms with Crippen LogP contribution in [0.15, 0.2) is 59.1 Å². The summed E-state index contributed by atoms with van der Waals surface area (Å²) in [6.07, 6.45) is 1.91. The van der Waals surface area contributed by atoms with E-state index in [1.165, 1.54) is 5.56 Å². The van der Waals surface area contributed by atoms with Gasteiger partial charge in [0.15, 0.2) is 5.82 Å². The summed E-state index contributed by atoms with van der Waals surface area (Å²) in [6.45, 7) is 2.71. The van der Waals surface area contributed by atoms with Gasteiger partial charge in [0, 0.05) is 18.5 Å². The Hall–Kier alpha value is -3.48. The van der Waals surface area contributed by atoms with Gasteiger partial charge in [-0.3, -0.25) is 9.59 Å². The molecule has 1 N–H and O–H groups in total. The molecule has 7 nitrogen and oxygen atoms in total. The molecule has 1 saturated heterocycles. The summed E-state index contributed by atoms with van der Waals surface area (Å²) in [5, 5.41) is 6.79. The zero-order valence-electron chi connectivity index (χ0n) is 16.9. The Kier molecular flexibility index (Phi) is 5.88. The van der Waals surface area contributed by atoms with Gasteiger partial charge in [0.25, 0.3) is 5.91 Å². The van der Waals surface area contributed by atoms with Crippen LogP contribution in [0.1, 0.15) is 52.1 Å². The third-order valence-corrected chi connectivity index (χ3v) is 5.27. The van der Waals surface area contributed by atoms with E-state index in [0.717, 1.165) is 12.0 Å². The van der Waals surface area contributed by atoms with Crippen molar-refractivity contribution in [2.24, 2.45) is 0 Å². The van der Waals surface area contributed by atoms with Crippen LogP contribution >= 0.6 is 0 Å². The lowest BCUT2D eigenvalue weighted by Gasteiger charge is -2.21. The first-order valence-electron chi connectivity index (χ1n) is 10.1. The zero-order chi connectivity index (χ0) is 20.9. The predicted octanol–water partition coefficient (Wildman–Crippen LogP) is 3.21. The number of aromatic nitrogens is 2. The molecule has 0 unspecified atom stereocenters. The molecule has 1 fully saturated rings. The highest BCUT2D eigenvalue weighted by Gasteiger charge is 2.35. The smallest absolute Gasteiger partial charge is 0.251 e. The molecule has 2 heterocycles. The Bertz CT molecular complexity index is 1030. The van der Waals surface area contributed by atoms with Crippen LogP contribution in [-0.2, 0) is 17.8 Å². The number of aryl methyl sites for hydroxylation is 1. The van der Waals surface area contributed by atoms with E-state index in [0.29, 0.717) is 36.7 Å². The Labute approximate surface area is 175 Å². The van der Waals surface area contributed by atoms with Crippen molar-refractivity contribution < 1.29 is 14.1 Å². The van der Waals surface area contributed by atoms with Gasteiger partial charge in [-0.1, -0.05) is 53.2 Å². The van der Waals surface area contributed by atoms with E-state index in [-0.39, 0.29) is 24.4 Å². The van der Waals surface area contributed by atoms with Crippen molar-refractivity contribution in [1.82, 2.24) is 20.4 Å². The SMILES string of the molecule is Cc1cccc(C(=O)NCc2noc([C@@H]3CCC(=O)N3CCc3ccccc3)n2)c1. The molecule has 2 aromatic carbocycles. The Morgan fingerprint density at radius 3 is 2.83 bits per heavy atom. The average Bonchev–Trinajstić information content (AvgIpc) is 3.37. The fraction of sp³-hybridized carbons (Fsp3) is 0.304. The molecule has 4 rings (SSSR count). The van der Waals surface area contributed by atoms with Crippen molar-refractivity contribution in [3.05, 3.63) is 83.0 Å². The minimum absolute atomic E-state index is 0.100. The monoisotopic (exact) mass is 404 g/mol. The van der Waals surface area contributed by atoms with E-state index >= 15 is 0 Å². The number of nitrogens with one attached hydrogen (secondary N) is 1. The second kappa shape index (κ2) is 8.90. The van der Waals surface area contributed by atoms with Crippen molar-refractivity contribution in [1.29, 1.82) is 0 Å². The lowest BCUT2D eigenvalue weighted by Crippen LogP contribution is -2.30. The highest BCUT2D eigenvalue weighted by Crippen LogP contribution is 2.31. The lowest BCUT2D eigenvalue weighted by molar-refractivity contribution is -0.129. The molecule has 3 aromatic rings. The van der Waals surface area contributed by atoms with Crippen molar-refractivity contribution in [3.63, 3.8) is 0 Å². The summed E-state index contributed by atoms with van der Waals surface area (Å²) >= 11 is 0. The molecule has 1 aliphatic heterocycles. The highest BCUT2D eigenvalue weighted by molar-refractivity contribution is 5.94. The number of benzene rings is 2. The maximum Gasteiger partial charge on any atom is 0.251 e. The Balaban J connectivity index is 1.37. The molecule has 30 heavy (non-hydrogen) atoms. The van der Waals surface area contributed by atoms with Crippen LogP contribution in [0.4, 0.5) is 0 Å². The second-order valence-corrected chi connectivity index (χ2v) is 7.48. The quantitative estimate of drug-likeness (QED) is 0.653. The van der Waals surface area contributed by atoms with Crippen LogP contribution in [0, 0.1) is 6.92 Å². The van der Waals surface area contributed by atoms with Crippen LogP contribution in [0.5, 0.6) is 0 Å². The molecule has 1 aliphatic rings. The van der Waals surface area contributed by atoms with E-state index in [1.807, 2.05) is 48.2 Å². The van der Waals surface area contributed by atoms with Gasteiger partial charge >= 0.3 is 0 Å². The molecular weight excluding hydrogens is 380 g/mol. The fourth-order valence-corrected chi connectivity index (χ4v) is 3.69. The molecule has 1 atom stereocenters. The average molecular weight is 404 g/mol. The fourth-order valence-electron chi connectivity index (χ4n) is 3.69. The Morgan fingerprint density at radius 2 is 2.03 bits per heavy atom. The first-order valence-corrected chi connectivity index (χ1v) is 10.1. The molecule has 0 radical (unpaired) electrons. The second-order valence-electron chi connectivity index (χ2n) is 7.48. The molecule has 0 spiro atoms. The predicted molar refractivity (Wildman–Crippen MR) is 110 cm³/mol. The molecule has 1 aromatic heterocycles. The first-order chi connectivity index (χ1) is 14.6. The normalized spacial score (nSPS) is 16.1. The van der Waals surface area contributed by atoms with Gasteiger partial charge in [-0.05, 0) is 37.5 Å². The number of likely N-dealkylation sites (tertiary alicyclic amines) is 1. The number of rotatable bonds is 7. The van der Waals surface area contributed by atoms with Crippen molar-refractivity contribution in [2.75, 3.05) is 6.54 Å². The molecule has 7 heteroatoms. The third-order valence-electron chi connectivity index (χ3n) is 5.27. The van der Waals surface area contributed by atoms with Crippen LogP contribution in [0.2, 0.25) is 0 Å². The number of carbonyl (C=O) groups is 2. The lowest BCUT2D eigenvalue weighted by atomic mass is 10.1. The standard InChI is InChI=1S/C23H24N4O3/c1-16-6-5-9-18(14-16)22(29)24-15-20-25-23(30-26-20)19-10-11-21(28)27(19)13-12-17-7-3-2-4-8-17/h2-9,14,19H,10-13,15H2,1H3,(H,24,29)/t19-/m0/s1. The summed E-state index contributed by atoms with van der Waals surface area (Å²) in [6, 6.07) is 17.2.